The van der Waals surface area contributed by atoms with Crippen LogP contribution in [0.3, 0.4) is 0 Å². The molecule has 12 nitrogen and oxygen atoms in total. The summed E-state index contributed by atoms with van der Waals surface area (Å²) in [6.45, 7) is 6.25. The highest BCUT2D eigenvalue weighted by Gasteiger charge is 2.28. The average molecular weight is 544 g/mol. The molecule has 1 fully saturated rings. The summed E-state index contributed by atoms with van der Waals surface area (Å²) in [4.78, 5) is 24.6. The Balaban J connectivity index is 1.36. The lowest BCUT2D eigenvalue weighted by Crippen LogP contribution is -2.48. The quantitative estimate of drug-likeness (QED) is 0.176. The van der Waals surface area contributed by atoms with Crippen LogP contribution in [0.2, 0.25) is 0 Å². The minimum Gasteiger partial charge on any atom is -0.480 e. The van der Waals surface area contributed by atoms with E-state index in [1.54, 1.807) is 56.4 Å². The lowest BCUT2D eigenvalue weighted by Gasteiger charge is -2.18. The van der Waals surface area contributed by atoms with E-state index in [2.05, 4.69) is 31.1 Å². The van der Waals surface area contributed by atoms with Crippen molar-refractivity contribution in [1.82, 2.24) is 35.8 Å². The minimum atomic E-state index is -4.12. The molecule has 1 atom stereocenters. The molecule has 13 heteroatoms. The molecule has 0 bridgehead atoms. The number of aryl methyl sites for hydroxylation is 3. The molecule has 1 amide bonds. The van der Waals surface area contributed by atoms with Crippen molar-refractivity contribution in [3.8, 4) is 0 Å². The first-order valence-electron chi connectivity index (χ1n) is 12.4. The molecular formula is C25H33N7O5S. The molecule has 3 aromatic rings. The summed E-state index contributed by atoms with van der Waals surface area (Å²) in [5.74, 6) is -1.91. The number of carbonyl (C=O) groups is 2. The Morgan fingerprint density at radius 3 is 2.55 bits per heavy atom. The molecule has 38 heavy (non-hydrogen) atoms. The number of carboxylic acids is 1. The van der Waals surface area contributed by atoms with E-state index in [0.29, 0.717) is 23.2 Å². The van der Waals surface area contributed by atoms with E-state index in [0.717, 1.165) is 37.0 Å². The number of sulfonamides is 1. The number of carbonyl (C=O) groups excluding carboxylic acids is 1. The van der Waals surface area contributed by atoms with Crippen molar-refractivity contribution in [2.75, 3.05) is 26.2 Å². The summed E-state index contributed by atoms with van der Waals surface area (Å²) in [5, 5.41) is 27.3. The fourth-order valence-electron chi connectivity index (χ4n) is 4.48. The minimum absolute atomic E-state index is 0.0303. The third-order valence-electron chi connectivity index (χ3n) is 6.36. The van der Waals surface area contributed by atoms with Crippen molar-refractivity contribution in [2.24, 2.45) is 0 Å². The predicted molar refractivity (Wildman–Crippen MR) is 142 cm³/mol. The Morgan fingerprint density at radius 2 is 1.87 bits per heavy atom. The number of rotatable bonds is 12. The number of aromatic nitrogens is 2. The van der Waals surface area contributed by atoms with Gasteiger partial charge in [0.25, 0.3) is 5.91 Å². The summed E-state index contributed by atoms with van der Waals surface area (Å²) in [5.41, 5.74) is 2.19. The number of hydrogen-bond donors (Lipinski definition) is 6. The highest BCUT2D eigenvalue weighted by Crippen LogP contribution is 2.20. The van der Waals surface area contributed by atoms with E-state index < -0.39 is 34.5 Å². The Labute approximate surface area is 221 Å². The van der Waals surface area contributed by atoms with Gasteiger partial charge in [-0.3, -0.25) is 30.2 Å². The van der Waals surface area contributed by atoms with Crippen molar-refractivity contribution < 1.29 is 23.1 Å². The van der Waals surface area contributed by atoms with E-state index in [1.807, 2.05) is 4.68 Å². The van der Waals surface area contributed by atoms with Crippen molar-refractivity contribution >= 4 is 32.8 Å². The van der Waals surface area contributed by atoms with Crippen LogP contribution in [0.25, 0.3) is 10.9 Å². The average Bonchev–Trinajstić information content (AvgIpc) is 3.53. The summed E-state index contributed by atoms with van der Waals surface area (Å²) in [6.07, 6.45) is 2.68. The maximum absolute atomic E-state index is 12.9. The molecule has 0 radical (unpaired) electrons. The fourth-order valence-corrected chi connectivity index (χ4v) is 6.14. The molecule has 1 aliphatic heterocycles. The first-order valence-corrected chi connectivity index (χ1v) is 13.9. The summed E-state index contributed by atoms with van der Waals surface area (Å²) >= 11 is 0. The van der Waals surface area contributed by atoms with Crippen molar-refractivity contribution in [3.63, 3.8) is 0 Å². The molecule has 2 heterocycles. The van der Waals surface area contributed by atoms with Gasteiger partial charge in [-0.1, -0.05) is 18.2 Å². The zero-order valence-electron chi connectivity index (χ0n) is 21.3. The topological polar surface area (TPSA) is 166 Å². The molecule has 0 spiro atoms. The molecule has 0 saturated carbocycles. The van der Waals surface area contributed by atoms with Gasteiger partial charge in [-0.15, -0.1) is 0 Å². The van der Waals surface area contributed by atoms with E-state index in [9.17, 15) is 23.1 Å². The molecule has 6 N–H and O–H groups in total. The Bertz CT molecular complexity index is 1400. The lowest BCUT2D eigenvalue weighted by molar-refractivity contribution is -0.138. The molecule has 0 aliphatic carbocycles. The highest BCUT2D eigenvalue weighted by molar-refractivity contribution is 7.89. The van der Waals surface area contributed by atoms with Crippen LogP contribution < -0.4 is 26.0 Å². The van der Waals surface area contributed by atoms with Crippen molar-refractivity contribution in [3.05, 3.63) is 59.3 Å². The number of nitrogens with zero attached hydrogens (tertiary/aromatic N) is 2. The van der Waals surface area contributed by atoms with Gasteiger partial charge in [-0.2, -0.15) is 9.82 Å². The largest absolute Gasteiger partial charge is 0.480 e. The zero-order chi connectivity index (χ0) is 27.3. The number of benzene rings is 2. The van der Waals surface area contributed by atoms with Crippen molar-refractivity contribution in [1.29, 1.82) is 0 Å². The molecule has 1 unspecified atom stereocenters. The SMILES string of the molecule is Cc1cccc(C)c1S(=O)(=O)NC(CNC(=O)c1ccc2c(cnn2CCCNC2NCCN2)c1)C(=O)O. The second-order valence-corrected chi connectivity index (χ2v) is 10.9. The smallest absolute Gasteiger partial charge is 0.323 e. The summed E-state index contributed by atoms with van der Waals surface area (Å²) < 4.78 is 29.9. The van der Waals surface area contributed by atoms with E-state index in [1.165, 1.54) is 0 Å². The molecular weight excluding hydrogens is 510 g/mol. The standard InChI is InChI=1S/C25H33N7O5S/c1-16-5-3-6-17(2)22(16)38(36,37)31-20(24(34)35)15-29-23(33)18-7-8-21-19(13-18)14-30-32(21)12-4-9-26-25-27-10-11-28-25/h3,5-8,13-14,20,25-28,31H,4,9-12,15H2,1-2H3,(H,29,33)(H,34,35). The molecule has 204 valence electrons. The van der Waals surface area contributed by atoms with Gasteiger partial charge in [-0.25, -0.2) is 8.42 Å². The van der Waals surface area contributed by atoms with Gasteiger partial charge in [0.1, 0.15) is 12.3 Å². The number of carboxylic acid groups (broad SMARTS) is 1. The Morgan fingerprint density at radius 1 is 1.16 bits per heavy atom. The monoisotopic (exact) mass is 543 g/mol. The molecule has 1 aromatic heterocycles. The number of hydrogen-bond acceptors (Lipinski definition) is 8. The molecule has 4 rings (SSSR count). The van der Waals surface area contributed by atoms with Crippen LogP contribution in [0.5, 0.6) is 0 Å². The summed E-state index contributed by atoms with van der Waals surface area (Å²) in [7, 11) is -4.12. The number of nitrogens with one attached hydrogen (secondary N) is 5. The van der Waals surface area contributed by atoms with Crippen LogP contribution in [-0.4, -0.2) is 73.7 Å². The van der Waals surface area contributed by atoms with Gasteiger partial charge in [0.05, 0.1) is 16.6 Å². The molecule has 1 saturated heterocycles. The number of fused-ring (bicyclic) bond motifs is 1. The molecule has 2 aromatic carbocycles. The van der Waals surface area contributed by atoms with E-state index >= 15 is 0 Å². The van der Waals surface area contributed by atoms with Crippen LogP contribution in [0.15, 0.2) is 47.5 Å². The first kappa shape index (κ1) is 27.7. The van der Waals surface area contributed by atoms with Gasteiger partial charge >= 0.3 is 5.97 Å². The lowest BCUT2D eigenvalue weighted by atomic mass is 10.1. The summed E-state index contributed by atoms with van der Waals surface area (Å²) in [6, 6.07) is 8.57. The van der Waals surface area contributed by atoms with Crippen molar-refractivity contribution in [2.45, 2.75) is 44.0 Å². The van der Waals surface area contributed by atoms with Crippen LogP contribution in [0, 0.1) is 13.8 Å². The van der Waals surface area contributed by atoms with Crippen LogP contribution >= 0.6 is 0 Å². The van der Waals surface area contributed by atoms with Gasteiger partial charge in [0, 0.05) is 37.1 Å². The second-order valence-electron chi connectivity index (χ2n) is 9.23. The zero-order valence-corrected chi connectivity index (χ0v) is 22.1. The maximum atomic E-state index is 12.9. The third kappa shape index (κ3) is 6.55. The van der Waals surface area contributed by atoms with E-state index in [-0.39, 0.29) is 11.2 Å². The number of amides is 1. The van der Waals surface area contributed by atoms with E-state index in [4.69, 9.17) is 0 Å². The van der Waals surface area contributed by atoms with Gasteiger partial charge < -0.3 is 10.4 Å². The van der Waals surface area contributed by atoms with Gasteiger partial charge in [0.2, 0.25) is 10.0 Å². The van der Waals surface area contributed by atoms with Crippen LogP contribution in [0.4, 0.5) is 0 Å². The van der Waals surface area contributed by atoms with Gasteiger partial charge in [0.15, 0.2) is 0 Å². The Kier molecular flexibility index (Phi) is 8.74. The van der Waals surface area contributed by atoms with Gasteiger partial charge in [-0.05, 0) is 56.1 Å². The molecule has 1 aliphatic rings. The van der Waals surface area contributed by atoms with Crippen LogP contribution in [0.1, 0.15) is 27.9 Å². The third-order valence-corrected chi connectivity index (χ3v) is 8.14. The van der Waals surface area contributed by atoms with Crippen LogP contribution in [-0.2, 0) is 21.4 Å². The second kappa shape index (κ2) is 12.0. The normalized spacial score (nSPS) is 15.1. The maximum Gasteiger partial charge on any atom is 0.323 e. The predicted octanol–water partition coefficient (Wildman–Crippen LogP) is 0.271. The fraction of sp³-hybridized carbons (Fsp3) is 0.400. The first-order chi connectivity index (χ1) is 18.2. The number of aliphatic carboxylic acids is 1. The highest BCUT2D eigenvalue weighted by atomic mass is 32.2. The Hall–Kier alpha value is -3.36.